The fraction of sp³-hybridized carbons (Fsp3) is 0.462. The lowest BCUT2D eigenvalue weighted by molar-refractivity contribution is 0.0696. The van der Waals surface area contributed by atoms with E-state index in [0.717, 1.165) is 12.8 Å². The minimum absolute atomic E-state index is 0.00821. The molecular weight excluding hydrogens is 266 g/mol. The van der Waals surface area contributed by atoms with E-state index in [-0.39, 0.29) is 10.5 Å². The highest BCUT2D eigenvalue weighted by Crippen LogP contribution is 2.23. The minimum atomic E-state index is -3.58. The van der Waals surface area contributed by atoms with E-state index in [1.54, 1.807) is 0 Å². The first kappa shape index (κ1) is 14.0. The molecule has 5 nitrogen and oxygen atoms in total. The van der Waals surface area contributed by atoms with Gasteiger partial charge in [0.25, 0.3) is 0 Å². The van der Waals surface area contributed by atoms with Gasteiger partial charge in [0, 0.05) is 13.1 Å². The average molecular weight is 283 g/mol. The van der Waals surface area contributed by atoms with Crippen molar-refractivity contribution in [1.29, 1.82) is 0 Å². The van der Waals surface area contributed by atoms with E-state index in [1.807, 2.05) is 6.92 Å². The average Bonchev–Trinajstić information content (AvgIpc) is 2.39. The molecular formula is C13H17NO4S. The lowest BCUT2D eigenvalue weighted by Crippen LogP contribution is -2.39. The first-order valence-electron chi connectivity index (χ1n) is 6.25. The number of sulfonamides is 1. The maximum Gasteiger partial charge on any atom is 0.335 e. The first-order valence-corrected chi connectivity index (χ1v) is 7.69. The van der Waals surface area contributed by atoms with E-state index in [9.17, 15) is 13.2 Å². The zero-order valence-electron chi connectivity index (χ0n) is 10.7. The van der Waals surface area contributed by atoms with Crippen LogP contribution in [0.5, 0.6) is 0 Å². The second-order valence-electron chi connectivity index (χ2n) is 4.94. The largest absolute Gasteiger partial charge is 0.478 e. The Bertz CT molecular complexity index is 582. The van der Waals surface area contributed by atoms with Crippen LogP contribution < -0.4 is 0 Å². The van der Waals surface area contributed by atoms with Crippen LogP contribution in [0, 0.1) is 5.92 Å². The van der Waals surface area contributed by atoms with Crippen LogP contribution in [0.2, 0.25) is 0 Å². The van der Waals surface area contributed by atoms with Gasteiger partial charge in [0.2, 0.25) is 10.0 Å². The fourth-order valence-corrected chi connectivity index (χ4v) is 3.95. The SMILES string of the molecule is C[C@H]1CCCN(S(=O)(=O)c2cccc(C(=O)O)c2)C1. The Hall–Kier alpha value is -1.40. The van der Waals surface area contributed by atoms with Gasteiger partial charge in [-0.25, -0.2) is 13.2 Å². The van der Waals surface area contributed by atoms with Crippen molar-refractivity contribution >= 4 is 16.0 Å². The van der Waals surface area contributed by atoms with Crippen molar-refractivity contribution in [3.63, 3.8) is 0 Å². The van der Waals surface area contributed by atoms with Crippen molar-refractivity contribution in [3.8, 4) is 0 Å². The molecule has 1 aliphatic heterocycles. The molecule has 1 fully saturated rings. The Morgan fingerprint density at radius 2 is 2.16 bits per heavy atom. The van der Waals surface area contributed by atoms with Crippen molar-refractivity contribution in [2.45, 2.75) is 24.7 Å². The van der Waals surface area contributed by atoms with Crippen molar-refractivity contribution in [1.82, 2.24) is 4.31 Å². The van der Waals surface area contributed by atoms with E-state index in [1.165, 1.54) is 28.6 Å². The summed E-state index contributed by atoms with van der Waals surface area (Å²) in [4.78, 5) is 11.0. The second kappa shape index (κ2) is 5.30. The number of piperidine rings is 1. The molecule has 1 aromatic rings. The molecule has 1 atom stereocenters. The molecule has 0 unspecified atom stereocenters. The summed E-state index contributed by atoms with van der Waals surface area (Å²) in [5, 5.41) is 8.92. The Kier molecular flexibility index (Phi) is 3.91. The van der Waals surface area contributed by atoms with Gasteiger partial charge >= 0.3 is 5.97 Å². The molecule has 104 valence electrons. The molecule has 0 radical (unpaired) electrons. The molecule has 0 saturated carbocycles. The molecule has 1 saturated heterocycles. The van der Waals surface area contributed by atoms with Gasteiger partial charge in [0.05, 0.1) is 10.5 Å². The van der Waals surface area contributed by atoms with Crippen molar-refractivity contribution in [2.75, 3.05) is 13.1 Å². The van der Waals surface area contributed by atoms with Gasteiger partial charge in [-0.15, -0.1) is 0 Å². The molecule has 1 heterocycles. The molecule has 0 aromatic heterocycles. The number of aromatic carboxylic acids is 1. The molecule has 1 N–H and O–H groups in total. The topological polar surface area (TPSA) is 74.7 Å². The van der Waals surface area contributed by atoms with Crippen LogP contribution in [0.3, 0.4) is 0 Å². The van der Waals surface area contributed by atoms with Crippen LogP contribution in [0.1, 0.15) is 30.1 Å². The molecule has 2 rings (SSSR count). The normalized spacial score (nSPS) is 21.2. The third kappa shape index (κ3) is 2.96. The number of benzene rings is 1. The van der Waals surface area contributed by atoms with Crippen LogP contribution in [0.25, 0.3) is 0 Å². The number of carboxylic acids is 1. The summed E-state index contributed by atoms with van der Waals surface area (Å²) in [7, 11) is -3.58. The van der Waals surface area contributed by atoms with Gasteiger partial charge in [-0.2, -0.15) is 4.31 Å². The number of hydrogen-bond donors (Lipinski definition) is 1. The molecule has 19 heavy (non-hydrogen) atoms. The lowest BCUT2D eigenvalue weighted by atomic mass is 10.0. The Morgan fingerprint density at radius 3 is 2.79 bits per heavy atom. The number of hydrogen-bond acceptors (Lipinski definition) is 3. The maximum atomic E-state index is 12.4. The molecule has 0 bridgehead atoms. The molecule has 0 amide bonds. The van der Waals surface area contributed by atoms with Gasteiger partial charge in [-0.3, -0.25) is 0 Å². The van der Waals surface area contributed by atoms with Crippen LogP contribution in [-0.2, 0) is 10.0 Å². The number of carbonyl (C=O) groups is 1. The first-order chi connectivity index (χ1) is 8.91. The summed E-state index contributed by atoms with van der Waals surface area (Å²) in [6.45, 7) is 3.03. The van der Waals surface area contributed by atoms with Gasteiger partial charge in [-0.1, -0.05) is 13.0 Å². The van der Waals surface area contributed by atoms with Crippen LogP contribution in [0.4, 0.5) is 0 Å². The second-order valence-corrected chi connectivity index (χ2v) is 6.88. The lowest BCUT2D eigenvalue weighted by Gasteiger charge is -2.30. The highest BCUT2D eigenvalue weighted by Gasteiger charge is 2.28. The Morgan fingerprint density at radius 1 is 1.42 bits per heavy atom. The van der Waals surface area contributed by atoms with E-state index >= 15 is 0 Å². The van der Waals surface area contributed by atoms with Crippen molar-refractivity contribution in [2.24, 2.45) is 5.92 Å². The predicted octanol–water partition coefficient (Wildman–Crippen LogP) is 1.81. The van der Waals surface area contributed by atoms with E-state index in [0.29, 0.717) is 19.0 Å². The quantitative estimate of drug-likeness (QED) is 0.918. The maximum absolute atomic E-state index is 12.4. The van der Waals surface area contributed by atoms with E-state index in [2.05, 4.69) is 0 Å². The van der Waals surface area contributed by atoms with Crippen LogP contribution >= 0.6 is 0 Å². The van der Waals surface area contributed by atoms with Gasteiger partial charge in [0.15, 0.2) is 0 Å². The van der Waals surface area contributed by atoms with Gasteiger partial charge < -0.3 is 5.11 Å². The highest BCUT2D eigenvalue weighted by molar-refractivity contribution is 7.89. The third-order valence-electron chi connectivity index (χ3n) is 3.34. The van der Waals surface area contributed by atoms with Crippen molar-refractivity contribution in [3.05, 3.63) is 29.8 Å². The predicted molar refractivity (Wildman–Crippen MR) is 70.6 cm³/mol. The highest BCUT2D eigenvalue weighted by atomic mass is 32.2. The van der Waals surface area contributed by atoms with Gasteiger partial charge in [0.1, 0.15) is 0 Å². The minimum Gasteiger partial charge on any atom is -0.478 e. The molecule has 0 aliphatic carbocycles. The fourth-order valence-electron chi connectivity index (χ4n) is 2.30. The summed E-state index contributed by atoms with van der Waals surface area (Å²) in [5.74, 6) is -0.782. The third-order valence-corrected chi connectivity index (χ3v) is 5.20. The van der Waals surface area contributed by atoms with E-state index in [4.69, 9.17) is 5.11 Å². The zero-order valence-corrected chi connectivity index (χ0v) is 11.6. The summed E-state index contributed by atoms with van der Waals surface area (Å²) in [6.07, 6.45) is 1.88. The van der Waals surface area contributed by atoms with Crippen molar-refractivity contribution < 1.29 is 18.3 Å². The summed E-state index contributed by atoms with van der Waals surface area (Å²) >= 11 is 0. The summed E-state index contributed by atoms with van der Waals surface area (Å²) < 4.78 is 26.3. The monoisotopic (exact) mass is 283 g/mol. The summed E-state index contributed by atoms with van der Waals surface area (Å²) in [6, 6.07) is 5.52. The smallest absolute Gasteiger partial charge is 0.335 e. The Balaban J connectivity index is 2.33. The molecule has 6 heteroatoms. The molecule has 1 aliphatic rings. The van der Waals surface area contributed by atoms with E-state index < -0.39 is 16.0 Å². The van der Waals surface area contributed by atoms with Gasteiger partial charge in [-0.05, 0) is 37.0 Å². The Labute approximate surface area is 112 Å². The number of carboxylic acid groups (broad SMARTS) is 1. The van der Waals surface area contributed by atoms with Crippen LogP contribution in [0.15, 0.2) is 29.2 Å². The zero-order chi connectivity index (χ0) is 14.0. The summed E-state index contributed by atoms with van der Waals surface area (Å²) in [5.41, 5.74) is -0.00821. The molecule has 0 spiro atoms. The van der Waals surface area contributed by atoms with Crippen LogP contribution in [-0.4, -0.2) is 36.9 Å². The number of nitrogens with zero attached hydrogens (tertiary/aromatic N) is 1. The standard InChI is InChI=1S/C13H17NO4S/c1-10-4-3-7-14(9-10)19(17,18)12-6-2-5-11(8-12)13(15)16/h2,5-6,8,10H,3-4,7,9H2,1H3,(H,15,16)/t10-/m0/s1. The number of rotatable bonds is 3. The molecule has 1 aromatic carbocycles.